The van der Waals surface area contributed by atoms with Crippen molar-refractivity contribution in [1.29, 1.82) is 0 Å². The molecule has 1 N–H and O–H groups in total. The zero-order chi connectivity index (χ0) is 23.9. The number of aryl methyl sites for hydroxylation is 1. The van der Waals surface area contributed by atoms with Crippen LogP contribution in [0.2, 0.25) is 0 Å². The third kappa shape index (κ3) is 4.79. The van der Waals surface area contributed by atoms with Crippen molar-refractivity contribution >= 4 is 27.0 Å². The average Bonchev–Trinajstić information content (AvgIpc) is 3.04. The highest BCUT2D eigenvalue weighted by molar-refractivity contribution is 7.90. The van der Waals surface area contributed by atoms with Crippen LogP contribution >= 0.6 is 0 Å². The number of pyridine rings is 1. The molecule has 2 heterocycles. The van der Waals surface area contributed by atoms with Crippen LogP contribution in [-0.4, -0.2) is 28.5 Å². The Kier molecular flexibility index (Phi) is 6.12. The van der Waals surface area contributed by atoms with Crippen LogP contribution in [0.4, 0.5) is 13.2 Å². The monoisotopic (exact) mass is 468 g/mol. The van der Waals surface area contributed by atoms with Crippen molar-refractivity contribution in [1.82, 2.24) is 8.96 Å². The van der Waals surface area contributed by atoms with Gasteiger partial charge in [0.05, 0.1) is 15.9 Å². The molecule has 32 heavy (non-hydrogen) atoms. The first kappa shape index (κ1) is 23.8. The van der Waals surface area contributed by atoms with Crippen molar-refractivity contribution in [2.75, 3.05) is 0 Å². The fourth-order valence-electron chi connectivity index (χ4n) is 3.38. The third-order valence-corrected chi connectivity index (χ3v) is 6.80. The Labute approximate surface area is 183 Å². The summed E-state index contributed by atoms with van der Waals surface area (Å²) in [5.41, 5.74) is -0.622. The molecule has 0 spiro atoms. The van der Waals surface area contributed by atoms with E-state index in [4.69, 9.17) is 5.11 Å². The number of carboxylic acids is 1. The summed E-state index contributed by atoms with van der Waals surface area (Å²) in [4.78, 5) is 14.5. The lowest BCUT2D eigenvalue weighted by molar-refractivity contribution is -0.141. The van der Waals surface area contributed by atoms with Gasteiger partial charge in [0.2, 0.25) is 0 Å². The molecule has 0 aliphatic rings. The summed E-state index contributed by atoms with van der Waals surface area (Å²) < 4.78 is 67.5. The molecule has 10 heteroatoms. The standard InChI is InChI=1S/C22H23F3N2O4S/c1-21(2,3)14-6-4-8-16(12-14)32(30,31)27-15(7-5-9-20(28)29)13-17-18(27)10-11-19(26-17)22(23,24)25/h4,6,8,10-13H,5,7,9H2,1-3H3,(H,28,29). The van der Waals surface area contributed by atoms with E-state index in [0.29, 0.717) is 0 Å². The normalized spacial score (nSPS) is 12.9. The minimum Gasteiger partial charge on any atom is -0.481 e. The van der Waals surface area contributed by atoms with Crippen molar-refractivity contribution in [3.8, 4) is 0 Å². The van der Waals surface area contributed by atoms with Gasteiger partial charge in [0.1, 0.15) is 5.69 Å². The molecule has 0 radical (unpaired) electrons. The lowest BCUT2D eigenvalue weighted by Gasteiger charge is -2.20. The number of hydrogen-bond acceptors (Lipinski definition) is 4. The maximum Gasteiger partial charge on any atom is 0.433 e. The van der Waals surface area contributed by atoms with Crippen LogP contribution in [0.3, 0.4) is 0 Å². The van der Waals surface area contributed by atoms with Crippen LogP contribution < -0.4 is 0 Å². The van der Waals surface area contributed by atoms with Crippen LogP contribution in [0.15, 0.2) is 47.4 Å². The number of benzene rings is 1. The van der Waals surface area contributed by atoms with Gasteiger partial charge in [-0.15, -0.1) is 0 Å². The molecule has 3 rings (SSSR count). The summed E-state index contributed by atoms with van der Waals surface area (Å²) in [5.74, 6) is -1.05. The number of halogens is 3. The van der Waals surface area contributed by atoms with Gasteiger partial charge in [0.25, 0.3) is 10.0 Å². The molecule has 0 saturated heterocycles. The van der Waals surface area contributed by atoms with Crippen LogP contribution in [0, 0.1) is 0 Å². The number of hydrogen-bond donors (Lipinski definition) is 1. The molecule has 0 aliphatic carbocycles. The van der Waals surface area contributed by atoms with E-state index >= 15 is 0 Å². The first-order valence-corrected chi connectivity index (χ1v) is 11.3. The number of aromatic nitrogens is 2. The second-order valence-corrected chi connectivity index (χ2v) is 10.3. The Morgan fingerprint density at radius 3 is 2.38 bits per heavy atom. The second-order valence-electron chi connectivity index (χ2n) is 8.53. The molecule has 172 valence electrons. The number of fused-ring (bicyclic) bond motifs is 1. The Balaban J connectivity index is 2.21. The highest BCUT2D eigenvalue weighted by atomic mass is 32.2. The largest absolute Gasteiger partial charge is 0.481 e. The summed E-state index contributed by atoms with van der Waals surface area (Å²) in [6.07, 6.45) is -4.72. The van der Waals surface area contributed by atoms with E-state index in [-0.39, 0.29) is 46.3 Å². The lowest BCUT2D eigenvalue weighted by atomic mass is 9.87. The highest BCUT2D eigenvalue weighted by Gasteiger charge is 2.33. The van der Waals surface area contributed by atoms with Gasteiger partial charge >= 0.3 is 12.1 Å². The van der Waals surface area contributed by atoms with E-state index in [0.717, 1.165) is 21.7 Å². The Morgan fingerprint density at radius 1 is 1.09 bits per heavy atom. The van der Waals surface area contributed by atoms with Gasteiger partial charge in [-0.3, -0.25) is 4.79 Å². The van der Waals surface area contributed by atoms with Crippen LogP contribution in [0.5, 0.6) is 0 Å². The molecule has 0 bridgehead atoms. The summed E-state index contributed by atoms with van der Waals surface area (Å²) in [5, 5.41) is 8.91. The van der Waals surface area contributed by atoms with Gasteiger partial charge in [-0.2, -0.15) is 13.2 Å². The predicted octanol–water partition coefficient (Wildman–Crippen LogP) is 5.00. The Hall–Kier alpha value is -2.88. The number of carboxylic acid groups (broad SMARTS) is 1. The molecule has 0 fully saturated rings. The topological polar surface area (TPSA) is 89.3 Å². The molecular weight excluding hydrogens is 445 g/mol. The minimum absolute atomic E-state index is 0.00415. The molecule has 0 amide bonds. The number of alkyl halides is 3. The van der Waals surface area contributed by atoms with Crippen molar-refractivity contribution in [2.24, 2.45) is 0 Å². The Bertz CT molecular complexity index is 1270. The van der Waals surface area contributed by atoms with Crippen molar-refractivity contribution in [2.45, 2.75) is 56.5 Å². The first-order valence-electron chi connectivity index (χ1n) is 9.88. The van der Waals surface area contributed by atoms with Crippen LogP contribution in [0.25, 0.3) is 11.0 Å². The van der Waals surface area contributed by atoms with Crippen molar-refractivity contribution in [3.63, 3.8) is 0 Å². The van der Waals surface area contributed by atoms with Crippen LogP contribution in [-0.2, 0) is 32.8 Å². The smallest absolute Gasteiger partial charge is 0.433 e. The molecule has 0 unspecified atom stereocenters. The van der Waals surface area contributed by atoms with E-state index in [1.165, 1.54) is 12.1 Å². The summed E-state index contributed by atoms with van der Waals surface area (Å²) in [7, 11) is -4.19. The van der Waals surface area contributed by atoms with Crippen LogP contribution in [0.1, 0.15) is 50.6 Å². The van der Waals surface area contributed by atoms with Gasteiger partial charge in [-0.1, -0.05) is 32.9 Å². The Morgan fingerprint density at radius 2 is 1.78 bits per heavy atom. The van der Waals surface area contributed by atoms with E-state index in [1.54, 1.807) is 18.2 Å². The summed E-state index contributed by atoms with van der Waals surface area (Å²) in [6.45, 7) is 5.80. The molecular formula is C22H23F3N2O4S. The number of aliphatic carboxylic acids is 1. The lowest BCUT2D eigenvalue weighted by Crippen LogP contribution is -2.18. The zero-order valence-electron chi connectivity index (χ0n) is 17.8. The van der Waals surface area contributed by atoms with E-state index in [1.807, 2.05) is 20.8 Å². The molecule has 0 atom stereocenters. The highest BCUT2D eigenvalue weighted by Crippen LogP contribution is 2.32. The average molecular weight is 468 g/mol. The third-order valence-electron chi connectivity index (χ3n) is 5.04. The molecule has 0 aliphatic heterocycles. The summed E-state index contributed by atoms with van der Waals surface area (Å²) in [6, 6.07) is 9.48. The summed E-state index contributed by atoms with van der Waals surface area (Å²) >= 11 is 0. The zero-order valence-corrected chi connectivity index (χ0v) is 18.6. The van der Waals surface area contributed by atoms with Gasteiger partial charge in [-0.05, 0) is 54.2 Å². The number of nitrogens with zero attached hydrogens (tertiary/aromatic N) is 2. The molecule has 2 aromatic heterocycles. The first-order chi connectivity index (χ1) is 14.7. The fraction of sp³-hybridized carbons (Fsp3) is 0.364. The van der Waals surface area contributed by atoms with Gasteiger partial charge in [0, 0.05) is 12.1 Å². The molecule has 1 aromatic carbocycles. The fourth-order valence-corrected chi connectivity index (χ4v) is 4.98. The van der Waals surface area contributed by atoms with Crippen molar-refractivity contribution < 1.29 is 31.5 Å². The molecule has 0 saturated carbocycles. The molecule has 6 nitrogen and oxygen atoms in total. The van der Waals surface area contributed by atoms with Gasteiger partial charge in [0.15, 0.2) is 0 Å². The van der Waals surface area contributed by atoms with E-state index in [9.17, 15) is 26.4 Å². The van der Waals surface area contributed by atoms with Gasteiger partial charge in [-0.25, -0.2) is 17.4 Å². The quantitative estimate of drug-likeness (QED) is 0.550. The molecule has 3 aromatic rings. The maximum atomic E-state index is 13.6. The predicted molar refractivity (Wildman–Crippen MR) is 113 cm³/mol. The maximum absolute atomic E-state index is 13.6. The second kappa shape index (κ2) is 8.23. The van der Waals surface area contributed by atoms with E-state index in [2.05, 4.69) is 4.98 Å². The van der Waals surface area contributed by atoms with E-state index < -0.39 is 27.9 Å². The SMILES string of the molecule is CC(C)(C)c1cccc(S(=O)(=O)n2c(CCCC(=O)O)cc3nc(C(F)(F)F)ccc32)c1. The number of carbonyl (C=O) groups is 1. The minimum atomic E-state index is -4.68. The number of rotatable bonds is 6. The van der Waals surface area contributed by atoms with Crippen molar-refractivity contribution in [3.05, 3.63) is 59.4 Å². The van der Waals surface area contributed by atoms with Gasteiger partial charge < -0.3 is 5.11 Å².